The Balaban J connectivity index is 1.73. The maximum Gasteiger partial charge on any atom is 0.201 e. The highest BCUT2D eigenvalue weighted by Crippen LogP contribution is 2.60. The van der Waals surface area contributed by atoms with Gasteiger partial charge in [0, 0.05) is 18.3 Å². The van der Waals surface area contributed by atoms with Crippen molar-refractivity contribution in [3.63, 3.8) is 0 Å². The minimum absolute atomic E-state index is 0.130. The largest absolute Gasteiger partial charge is 0.350 e. The Labute approximate surface area is 138 Å². The average molecular weight is 326 g/mol. The van der Waals surface area contributed by atoms with Crippen molar-refractivity contribution in [1.29, 1.82) is 0 Å². The number of hydrogen-bond donors (Lipinski definition) is 0. The van der Waals surface area contributed by atoms with E-state index >= 15 is 0 Å². The van der Waals surface area contributed by atoms with Gasteiger partial charge in [0.05, 0.1) is 6.10 Å². The van der Waals surface area contributed by atoms with Crippen LogP contribution in [0.5, 0.6) is 0 Å². The molecule has 5 aliphatic rings. The second-order valence-electron chi connectivity index (χ2n) is 8.46. The Kier molecular flexibility index (Phi) is 3.82. The highest BCUT2D eigenvalue weighted by molar-refractivity contribution is 5.09. The average Bonchev–Trinajstić information content (AvgIpc) is 2.70. The predicted molar refractivity (Wildman–Crippen MR) is 83.0 cm³/mol. The van der Waals surface area contributed by atoms with Gasteiger partial charge in [-0.3, -0.25) is 0 Å². The molecule has 0 N–H and O–H groups in total. The fourth-order valence-corrected chi connectivity index (χ4v) is 5.30. The molecule has 5 nitrogen and oxygen atoms in total. The van der Waals surface area contributed by atoms with Crippen LogP contribution < -0.4 is 0 Å². The fourth-order valence-electron chi connectivity index (χ4n) is 5.30. The second kappa shape index (κ2) is 5.40. The molecule has 23 heavy (non-hydrogen) atoms. The molecule has 4 heterocycles. The summed E-state index contributed by atoms with van der Waals surface area (Å²) >= 11 is 0. The fraction of sp³-hybridized carbons (Fsp3) is 1.00. The van der Waals surface area contributed by atoms with Gasteiger partial charge in [0.2, 0.25) is 5.79 Å². The van der Waals surface area contributed by atoms with Gasteiger partial charge in [-0.2, -0.15) is 0 Å². The molecule has 8 atom stereocenters. The van der Waals surface area contributed by atoms with Crippen LogP contribution in [0.1, 0.15) is 60.3 Å². The number of rotatable bonds is 2. The molecule has 5 heteroatoms. The summed E-state index contributed by atoms with van der Waals surface area (Å²) in [5.41, 5.74) is -0.482. The molecule has 2 unspecified atom stereocenters. The molecule has 4 saturated heterocycles. The molecule has 0 amide bonds. The van der Waals surface area contributed by atoms with Gasteiger partial charge in [-0.1, -0.05) is 13.8 Å². The lowest BCUT2D eigenvalue weighted by Gasteiger charge is -2.60. The van der Waals surface area contributed by atoms with E-state index in [1.54, 1.807) is 0 Å². The third-order valence-electron chi connectivity index (χ3n) is 6.50. The molecule has 1 aliphatic carbocycles. The van der Waals surface area contributed by atoms with Crippen molar-refractivity contribution in [3.8, 4) is 0 Å². The summed E-state index contributed by atoms with van der Waals surface area (Å²) in [5, 5.41) is 0. The van der Waals surface area contributed by atoms with Gasteiger partial charge in [0.15, 0.2) is 18.2 Å². The first kappa shape index (κ1) is 16.3. The molecular formula is C18H30O5. The molecule has 5 fully saturated rings. The zero-order chi connectivity index (χ0) is 16.4. The van der Waals surface area contributed by atoms with Gasteiger partial charge in [-0.15, -0.1) is 0 Å². The second-order valence-corrected chi connectivity index (χ2v) is 8.46. The van der Waals surface area contributed by atoms with E-state index < -0.39 is 17.7 Å². The van der Waals surface area contributed by atoms with E-state index in [0.717, 1.165) is 19.3 Å². The highest BCUT2D eigenvalue weighted by Gasteiger charge is 2.69. The Hall–Kier alpha value is -0.200. The van der Waals surface area contributed by atoms with Crippen molar-refractivity contribution in [2.75, 3.05) is 0 Å². The molecule has 0 aromatic rings. The van der Waals surface area contributed by atoms with Crippen LogP contribution in [0.2, 0.25) is 0 Å². The van der Waals surface area contributed by atoms with Gasteiger partial charge >= 0.3 is 0 Å². The molecule has 0 radical (unpaired) electrons. The third kappa shape index (κ3) is 2.31. The minimum Gasteiger partial charge on any atom is -0.350 e. The topological polar surface area (TPSA) is 46.2 Å². The normalized spacial score (nSPS) is 55.6. The monoisotopic (exact) mass is 326 g/mol. The summed E-state index contributed by atoms with van der Waals surface area (Å²) in [6.45, 7) is 10.6. The number of fused-ring (bicyclic) bond motifs is 2. The summed E-state index contributed by atoms with van der Waals surface area (Å²) < 4.78 is 18.7. The zero-order valence-corrected chi connectivity index (χ0v) is 14.9. The first-order valence-corrected chi connectivity index (χ1v) is 9.21. The Bertz CT molecular complexity index is 468. The Morgan fingerprint density at radius 3 is 2.57 bits per heavy atom. The molecule has 2 bridgehead atoms. The van der Waals surface area contributed by atoms with Crippen LogP contribution in [0, 0.1) is 23.7 Å². The van der Waals surface area contributed by atoms with E-state index in [0.29, 0.717) is 17.8 Å². The maximum absolute atomic E-state index is 6.32. The van der Waals surface area contributed by atoms with Crippen molar-refractivity contribution in [2.45, 2.75) is 90.4 Å². The lowest BCUT2D eigenvalue weighted by molar-refractivity contribution is -0.578. The predicted octanol–water partition coefficient (Wildman–Crippen LogP) is 3.62. The van der Waals surface area contributed by atoms with Crippen molar-refractivity contribution in [2.24, 2.45) is 23.7 Å². The van der Waals surface area contributed by atoms with E-state index in [1.165, 1.54) is 6.42 Å². The van der Waals surface area contributed by atoms with Crippen LogP contribution in [0.25, 0.3) is 0 Å². The van der Waals surface area contributed by atoms with Crippen LogP contribution in [0.15, 0.2) is 0 Å². The van der Waals surface area contributed by atoms with Crippen LogP contribution in [-0.2, 0) is 24.0 Å². The van der Waals surface area contributed by atoms with E-state index in [9.17, 15) is 0 Å². The first-order chi connectivity index (χ1) is 10.9. The van der Waals surface area contributed by atoms with Gasteiger partial charge in [-0.25, -0.2) is 9.78 Å². The Morgan fingerprint density at radius 2 is 1.83 bits per heavy atom. The van der Waals surface area contributed by atoms with Crippen molar-refractivity contribution in [3.05, 3.63) is 0 Å². The molecule has 0 aromatic carbocycles. The van der Waals surface area contributed by atoms with Crippen molar-refractivity contribution < 1.29 is 24.0 Å². The summed E-state index contributed by atoms with van der Waals surface area (Å²) in [4.78, 5) is 11.9. The Morgan fingerprint density at radius 1 is 1.04 bits per heavy atom. The molecular weight excluding hydrogens is 296 g/mol. The molecule has 1 saturated carbocycles. The van der Waals surface area contributed by atoms with E-state index in [1.807, 2.05) is 20.8 Å². The van der Waals surface area contributed by atoms with Crippen molar-refractivity contribution in [1.82, 2.24) is 0 Å². The maximum atomic E-state index is 6.32. The minimum atomic E-state index is -0.708. The van der Waals surface area contributed by atoms with Gasteiger partial charge in [0.25, 0.3) is 0 Å². The quantitative estimate of drug-likeness (QED) is 0.725. The van der Waals surface area contributed by atoms with Crippen LogP contribution in [-0.4, -0.2) is 30.1 Å². The van der Waals surface area contributed by atoms with Gasteiger partial charge in [-0.05, 0) is 51.9 Å². The van der Waals surface area contributed by atoms with E-state index in [4.69, 9.17) is 24.0 Å². The smallest absolute Gasteiger partial charge is 0.201 e. The third-order valence-corrected chi connectivity index (χ3v) is 6.50. The summed E-state index contributed by atoms with van der Waals surface area (Å²) in [6, 6.07) is 0. The molecule has 4 aliphatic heterocycles. The highest BCUT2D eigenvalue weighted by atomic mass is 17.3. The summed E-state index contributed by atoms with van der Waals surface area (Å²) in [7, 11) is 0. The summed E-state index contributed by atoms with van der Waals surface area (Å²) in [5.74, 6) is 0.908. The summed E-state index contributed by atoms with van der Waals surface area (Å²) in [6.07, 6.45) is 3.74. The molecule has 0 aromatic heterocycles. The van der Waals surface area contributed by atoms with E-state index in [2.05, 4.69) is 13.8 Å². The van der Waals surface area contributed by atoms with Gasteiger partial charge in [0.1, 0.15) is 0 Å². The van der Waals surface area contributed by atoms with Crippen LogP contribution in [0.4, 0.5) is 0 Å². The lowest BCUT2D eigenvalue weighted by Crippen LogP contribution is -2.70. The van der Waals surface area contributed by atoms with Gasteiger partial charge < -0.3 is 14.2 Å². The molecule has 132 valence electrons. The standard InChI is InChI=1S/C18H30O5/c1-10(2)19-15-12(4)14-7-6-11(3)13-8-9-17(5)21-16(20-15)18(13,14)23-22-17/h10-16H,6-9H2,1-5H3/t11-,12-,13+,14?,15?,16-,17-,18-/m1/s1. The lowest BCUT2D eigenvalue weighted by atomic mass is 9.58. The van der Waals surface area contributed by atoms with E-state index in [-0.39, 0.29) is 18.3 Å². The zero-order valence-electron chi connectivity index (χ0n) is 14.9. The molecule has 5 rings (SSSR count). The number of hydrogen-bond acceptors (Lipinski definition) is 5. The first-order valence-electron chi connectivity index (χ1n) is 9.21. The molecule has 1 spiro atoms. The van der Waals surface area contributed by atoms with Crippen LogP contribution >= 0.6 is 0 Å². The number of ether oxygens (including phenoxy) is 3. The van der Waals surface area contributed by atoms with Crippen molar-refractivity contribution >= 4 is 0 Å². The SMILES string of the molecule is CC(C)OC1O[C@@H]2O[C@@]3(C)CC[C@H]4[C@H](C)CCC([C@H]1C)[C@@]24OO3. The van der Waals surface area contributed by atoms with Crippen LogP contribution in [0.3, 0.4) is 0 Å².